The topological polar surface area (TPSA) is 3.24 Å². The van der Waals surface area contributed by atoms with E-state index in [2.05, 4.69) is 243 Å². The van der Waals surface area contributed by atoms with Gasteiger partial charge in [-0.1, -0.05) is 208 Å². The molecular weight excluding hydrogens is 711 g/mol. The van der Waals surface area contributed by atoms with Crippen LogP contribution < -0.4 is 4.90 Å². The molecule has 59 heavy (non-hydrogen) atoms. The molecule has 0 fully saturated rings. The summed E-state index contributed by atoms with van der Waals surface area (Å²) in [7, 11) is 0. The Kier molecular flexibility index (Phi) is 8.13. The molecule has 9 aromatic carbocycles. The minimum Gasteiger partial charge on any atom is -0.310 e. The zero-order chi connectivity index (χ0) is 39.6. The Labute approximate surface area is 347 Å². The predicted molar refractivity (Wildman–Crippen MR) is 247 cm³/mol. The molecule has 0 saturated carbocycles. The van der Waals surface area contributed by atoms with E-state index in [0.29, 0.717) is 0 Å². The molecule has 2 aliphatic carbocycles. The number of fused-ring (bicyclic) bond motifs is 9. The van der Waals surface area contributed by atoms with Crippen LogP contribution in [0.3, 0.4) is 0 Å². The number of rotatable bonds is 6. The highest BCUT2D eigenvalue weighted by Crippen LogP contribution is 2.63. The summed E-state index contributed by atoms with van der Waals surface area (Å²) in [5, 5.41) is 0. The predicted octanol–water partition coefficient (Wildman–Crippen LogP) is 15.2. The van der Waals surface area contributed by atoms with E-state index in [0.717, 1.165) is 17.1 Å². The molecule has 1 nitrogen and oxygen atoms in total. The molecular formula is C58H43N. The van der Waals surface area contributed by atoms with Crippen molar-refractivity contribution in [2.75, 3.05) is 4.90 Å². The number of nitrogens with zero attached hydrogens (tertiary/aromatic N) is 1. The number of benzene rings is 9. The van der Waals surface area contributed by atoms with Gasteiger partial charge >= 0.3 is 0 Å². The molecule has 0 aromatic heterocycles. The van der Waals surface area contributed by atoms with Crippen LogP contribution in [0.2, 0.25) is 0 Å². The zero-order valence-electron chi connectivity index (χ0n) is 33.3. The normalized spacial score (nSPS) is 13.9. The standard InChI is InChI=1S/C58H43N/c1-57(2)52-31-14-15-32-53(52)58(50-29-12-9-25-46(50)47-26-10-13-30-51(47)58)54-33-18-28-49(56(54)57)48-27-11-16-34-55(48)59(44-37-35-42(36-38-44)40-19-5-3-6-20-40)45-24-17-23-43(39-45)41-21-7-4-8-22-41/h3-39H,1-2H3. The van der Waals surface area contributed by atoms with Gasteiger partial charge in [-0.05, 0) is 103 Å². The maximum Gasteiger partial charge on any atom is 0.0719 e. The lowest BCUT2D eigenvalue weighted by Crippen LogP contribution is -2.41. The summed E-state index contributed by atoms with van der Waals surface area (Å²) in [6.07, 6.45) is 0. The maximum absolute atomic E-state index is 2.45. The molecule has 280 valence electrons. The monoisotopic (exact) mass is 753 g/mol. The Morgan fingerprint density at radius 2 is 0.763 bits per heavy atom. The van der Waals surface area contributed by atoms with Crippen molar-refractivity contribution in [3.63, 3.8) is 0 Å². The molecule has 0 unspecified atom stereocenters. The summed E-state index contributed by atoms with van der Waals surface area (Å²) in [4.78, 5) is 2.45. The fraction of sp³-hybridized carbons (Fsp3) is 0.0690. The van der Waals surface area contributed by atoms with Crippen molar-refractivity contribution < 1.29 is 0 Å². The van der Waals surface area contributed by atoms with Crippen molar-refractivity contribution in [2.24, 2.45) is 0 Å². The van der Waals surface area contributed by atoms with Gasteiger partial charge in [0.1, 0.15) is 0 Å². The smallest absolute Gasteiger partial charge is 0.0719 e. The minimum atomic E-state index is -0.462. The third kappa shape index (κ3) is 5.31. The van der Waals surface area contributed by atoms with Gasteiger partial charge in [-0.25, -0.2) is 0 Å². The summed E-state index contributed by atoms with van der Waals surface area (Å²) in [6, 6.07) is 82.9. The van der Waals surface area contributed by atoms with Crippen LogP contribution in [-0.4, -0.2) is 0 Å². The molecule has 9 aromatic rings. The average Bonchev–Trinajstić information content (AvgIpc) is 3.60. The van der Waals surface area contributed by atoms with Gasteiger partial charge in [-0.3, -0.25) is 0 Å². The van der Waals surface area contributed by atoms with E-state index in [1.165, 1.54) is 77.9 Å². The SMILES string of the molecule is CC1(C)c2ccccc2C2(c3ccccc3-c3ccccc32)c2cccc(-c3ccccc3N(c3ccc(-c4ccccc4)cc3)c3cccc(-c4ccccc4)c3)c21. The third-order valence-corrected chi connectivity index (χ3v) is 12.9. The molecule has 2 aliphatic rings. The summed E-state index contributed by atoms with van der Waals surface area (Å²) in [5.74, 6) is 0. The van der Waals surface area contributed by atoms with Crippen LogP contribution in [0.1, 0.15) is 47.2 Å². The molecule has 0 heterocycles. The van der Waals surface area contributed by atoms with E-state index >= 15 is 0 Å². The van der Waals surface area contributed by atoms with E-state index in [-0.39, 0.29) is 5.41 Å². The molecule has 1 spiro atoms. The number of hydrogen-bond donors (Lipinski definition) is 0. The molecule has 0 N–H and O–H groups in total. The van der Waals surface area contributed by atoms with Crippen LogP contribution in [0.4, 0.5) is 17.1 Å². The van der Waals surface area contributed by atoms with Crippen molar-refractivity contribution in [3.8, 4) is 44.5 Å². The van der Waals surface area contributed by atoms with Crippen molar-refractivity contribution in [3.05, 3.63) is 258 Å². The highest BCUT2D eigenvalue weighted by Gasteiger charge is 2.53. The highest BCUT2D eigenvalue weighted by atomic mass is 15.1. The summed E-state index contributed by atoms with van der Waals surface area (Å²) >= 11 is 0. The van der Waals surface area contributed by atoms with Gasteiger partial charge in [0.05, 0.1) is 11.1 Å². The maximum atomic E-state index is 2.45. The lowest BCUT2D eigenvalue weighted by Gasteiger charge is -2.47. The summed E-state index contributed by atoms with van der Waals surface area (Å²) < 4.78 is 0. The molecule has 0 radical (unpaired) electrons. The number of para-hydroxylation sites is 1. The van der Waals surface area contributed by atoms with E-state index in [1.807, 2.05) is 0 Å². The highest BCUT2D eigenvalue weighted by molar-refractivity contribution is 5.94. The van der Waals surface area contributed by atoms with E-state index in [4.69, 9.17) is 0 Å². The van der Waals surface area contributed by atoms with Crippen LogP contribution in [0.15, 0.2) is 224 Å². The average molecular weight is 754 g/mol. The van der Waals surface area contributed by atoms with Gasteiger partial charge in [0, 0.05) is 22.4 Å². The second-order valence-electron chi connectivity index (χ2n) is 16.4. The molecule has 0 aliphatic heterocycles. The Hall–Kier alpha value is -7.22. The second kappa shape index (κ2) is 13.7. The molecule has 0 amide bonds. The molecule has 0 bridgehead atoms. The van der Waals surface area contributed by atoms with Crippen molar-refractivity contribution >= 4 is 17.1 Å². The van der Waals surface area contributed by atoms with Crippen LogP contribution in [0, 0.1) is 0 Å². The largest absolute Gasteiger partial charge is 0.310 e. The van der Waals surface area contributed by atoms with Gasteiger partial charge < -0.3 is 4.90 Å². The first-order valence-electron chi connectivity index (χ1n) is 20.7. The molecule has 1 heteroatoms. The molecule has 0 atom stereocenters. The van der Waals surface area contributed by atoms with Crippen molar-refractivity contribution in [2.45, 2.75) is 24.7 Å². The molecule has 11 rings (SSSR count). The second-order valence-corrected chi connectivity index (χ2v) is 16.4. The van der Waals surface area contributed by atoms with E-state index < -0.39 is 5.41 Å². The van der Waals surface area contributed by atoms with Gasteiger partial charge in [0.25, 0.3) is 0 Å². The molecule has 0 saturated heterocycles. The van der Waals surface area contributed by atoms with Crippen LogP contribution >= 0.6 is 0 Å². The first-order valence-corrected chi connectivity index (χ1v) is 20.7. The summed E-state index contributed by atoms with van der Waals surface area (Å²) in [6.45, 7) is 4.86. The zero-order valence-corrected chi connectivity index (χ0v) is 33.3. The quantitative estimate of drug-likeness (QED) is 0.163. The first kappa shape index (κ1) is 35.0. The van der Waals surface area contributed by atoms with E-state index in [1.54, 1.807) is 0 Å². The van der Waals surface area contributed by atoms with E-state index in [9.17, 15) is 0 Å². The Morgan fingerprint density at radius 3 is 1.42 bits per heavy atom. The van der Waals surface area contributed by atoms with Gasteiger partial charge in [0.15, 0.2) is 0 Å². The lowest BCUT2D eigenvalue weighted by atomic mass is 9.54. The van der Waals surface area contributed by atoms with Gasteiger partial charge in [0.2, 0.25) is 0 Å². The van der Waals surface area contributed by atoms with Gasteiger partial charge in [-0.2, -0.15) is 0 Å². The third-order valence-electron chi connectivity index (χ3n) is 12.9. The Bertz CT molecular complexity index is 2970. The van der Waals surface area contributed by atoms with Gasteiger partial charge in [-0.15, -0.1) is 0 Å². The van der Waals surface area contributed by atoms with Crippen molar-refractivity contribution in [1.29, 1.82) is 0 Å². The first-order chi connectivity index (χ1) is 29.0. The summed E-state index contributed by atoms with van der Waals surface area (Å²) in [5.41, 5.74) is 20.6. The van der Waals surface area contributed by atoms with Crippen molar-refractivity contribution in [1.82, 2.24) is 0 Å². The number of hydrogen-bond acceptors (Lipinski definition) is 1. The Morgan fingerprint density at radius 1 is 0.305 bits per heavy atom. The van der Waals surface area contributed by atoms with Crippen LogP contribution in [0.5, 0.6) is 0 Å². The number of anilines is 3. The van der Waals surface area contributed by atoms with Crippen LogP contribution in [-0.2, 0) is 10.8 Å². The fourth-order valence-corrected chi connectivity index (χ4v) is 10.4. The minimum absolute atomic E-state index is 0.303. The fourth-order valence-electron chi connectivity index (χ4n) is 10.4. The van der Waals surface area contributed by atoms with Crippen LogP contribution in [0.25, 0.3) is 44.5 Å². The Balaban J connectivity index is 1.17. The lowest BCUT2D eigenvalue weighted by molar-refractivity contribution is 0.565.